The molecular formula is C26H31F3N4O3. The van der Waals surface area contributed by atoms with Crippen molar-refractivity contribution in [3.05, 3.63) is 64.5 Å². The summed E-state index contributed by atoms with van der Waals surface area (Å²) in [6.45, 7) is 4.99. The second-order valence-corrected chi connectivity index (χ2v) is 9.87. The molecule has 0 unspecified atom stereocenters. The summed E-state index contributed by atoms with van der Waals surface area (Å²) >= 11 is 0. The van der Waals surface area contributed by atoms with E-state index in [4.69, 9.17) is 0 Å². The summed E-state index contributed by atoms with van der Waals surface area (Å²) in [5.41, 5.74) is 0.959. The van der Waals surface area contributed by atoms with Crippen LogP contribution < -0.4 is 10.6 Å². The van der Waals surface area contributed by atoms with E-state index in [-0.39, 0.29) is 24.1 Å². The molecule has 4 rings (SSSR count). The van der Waals surface area contributed by atoms with Gasteiger partial charge in [-0.15, -0.1) is 0 Å². The van der Waals surface area contributed by atoms with Crippen LogP contribution in [0.3, 0.4) is 0 Å². The molecule has 36 heavy (non-hydrogen) atoms. The first-order valence-corrected chi connectivity index (χ1v) is 12.1. The van der Waals surface area contributed by atoms with Crippen LogP contribution in [0.4, 0.5) is 13.2 Å². The van der Waals surface area contributed by atoms with Crippen molar-refractivity contribution in [2.75, 3.05) is 19.6 Å². The Morgan fingerprint density at radius 2 is 1.86 bits per heavy atom. The zero-order valence-corrected chi connectivity index (χ0v) is 20.4. The molecule has 3 N–H and O–H groups in total. The van der Waals surface area contributed by atoms with Crippen molar-refractivity contribution in [2.24, 2.45) is 0 Å². The predicted molar refractivity (Wildman–Crippen MR) is 127 cm³/mol. The molecule has 2 aromatic rings. The Kier molecular flexibility index (Phi) is 7.38. The number of hydrogen-bond donors (Lipinski definition) is 3. The number of likely N-dealkylation sites (tertiary alicyclic amines) is 1. The highest BCUT2D eigenvalue weighted by Gasteiger charge is 2.40. The fourth-order valence-corrected chi connectivity index (χ4v) is 4.91. The summed E-state index contributed by atoms with van der Waals surface area (Å²) in [7, 11) is 0. The van der Waals surface area contributed by atoms with Crippen LogP contribution in [0, 0.1) is 13.8 Å². The van der Waals surface area contributed by atoms with E-state index in [1.54, 1.807) is 6.20 Å². The van der Waals surface area contributed by atoms with Gasteiger partial charge in [-0.3, -0.25) is 19.5 Å². The van der Waals surface area contributed by atoms with Gasteiger partial charge in [0.25, 0.3) is 5.91 Å². The van der Waals surface area contributed by atoms with Crippen LogP contribution in [-0.2, 0) is 16.6 Å². The van der Waals surface area contributed by atoms with Gasteiger partial charge in [-0.2, -0.15) is 13.2 Å². The first-order chi connectivity index (χ1) is 16.9. The number of carbonyl (C=O) groups is 2. The Bertz CT molecular complexity index is 1120. The monoisotopic (exact) mass is 504 g/mol. The van der Waals surface area contributed by atoms with Crippen molar-refractivity contribution in [3.63, 3.8) is 0 Å². The number of hydrogen-bond acceptors (Lipinski definition) is 5. The van der Waals surface area contributed by atoms with Crippen LogP contribution in [0.25, 0.3) is 0 Å². The third kappa shape index (κ3) is 5.87. The van der Waals surface area contributed by atoms with Crippen molar-refractivity contribution < 1.29 is 27.9 Å². The fourth-order valence-electron chi connectivity index (χ4n) is 4.91. The van der Waals surface area contributed by atoms with Gasteiger partial charge in [-0.05, 0) is 69.4 Å². The number of rotatable bonds is 6. The van der Waals surface area contributed by atoms with Crippen molar-refractivity contribution >= 4 is 11.8 Å². The topological polar surface area (TPSA) is 94.6 Å². The number of aromatic nitrogens is 1. The van der Waals surface area contributed by atoms with Crippen molar-refractivity contribution in [3.8, 4) is 0 Å². The third-order valence-electron chi connectivity index (χ3n) is 7.31. The highest BCUT2D eigenvalue weighted by molar-refractivity contribution is 5.96. The van der Waals surface area contributed by atoms with E-state index in [1.807, 2.05) is 19.9 Å². The highest BCUT2D eigenvalue weighted by Crippen LogP contribution is 2.39. The number of alkyl halides is 3. The van der Waals surface area contributed by atoms with Crippen LogP contribution >= 0.6 is 0 Å². The quantitative estimate of drug-likeness (QED) is 0.562. The van der Waals surface area contributed by atoms with Gasteiger partial charge in [-0.25, -0.2) is 0 Å². The molecule has 10 heteroatoms. The predicted octanol–water partition coefficient (Wildman–Crippen LogP) is 3.08. The van der Waals surface area contributed by atoms with Crippen LogP contribution in [-0.4, -0.2) is 58.5 Å². The van der Waals surface area contributed by atoms with E-state index in [9.17, 15) is 27.9 Å². The number of benzene rings is 1. The lowest BCUT2D eigenvalue weighted by atomic mass is 9.77. The summed E-state index contributed by atoms with van der Waals surface area (Å²) in [4.78, 5) is 31.1. The highest BCUT2D eigenvalue weighted by atomic mass is 19.4. The number of aliphatic hydroxyl groups is 1. The summed E-state index contributed by atoms with van der Waals surface area (Å²) in [5.74, 6) is -1.12. The minimum absolute atomic E-state index is 0.0484. The Morgan fingerprint density at radius 1 is 1.17 bits per heavy atom. The average molecular weight is 505 g/mol. The average Bonchev–Trinajstić information content (AvgIpc) is 2.81. The molecule has 1 aromatic heterocycles. The summed E-state index contributed by atoms with van der Waals surface area (Å²) in [6.07, 6.45) is 0.212. The number of halogens is 3. The minimum atomic E-state index is -4.54. The number of carbonyl (C=O) groups excluding carboxylic acids is 2. The Morgan fingerprint density at radius 3 is 2.50 bits per heavy atom. The Hall–Kier alpha value is -2.98. The SMILES string of the molecule is Cc1cc(C2(O)CCC(N3CC(NC(=O)CNC(=O)c4cccc(C(F)(F)F)c4)C3)CC2)cnc1C. The number of nitrogens with zero attached hydrogens (tertiary/aromatic N) is 2. The standard InChI is InChI=1S/C26H31F3N4O3/c1-16-10-20(12-30-17(16)2)25(36)8-6-22(7-9-25)33-14-21(15-33)32-23(34)13-31-24(35)18-4-3-5-19(11-18)26(27,28)29/h3-5,10-12,21-22,36H,6-9,13-15H2,1-2H3,(H,31,35)(H,32,34). The fraction of sp³-hybridized carbons (Fsp3) is 0.500. The molecule has 7 nitrogen and oxygen atoms in total. The van der Waals surface area contributed by atoms with E-state index < -0.39 is 23.2 Å². The number of nitrogens with one attached hydrogen (secondary N) is 2. The molecule has 0 radical (unpaired) electrons. The molecule has 2 fully saturated rings. The Labute approximate surface area is 208 Å². The number of amides is 2. The van der Waals surface area contributed by atoms with Gasteiger partial charge in [0, 0.05) is 42.1 Å². The normalized spacial score (nSPS) is 23.1. The zero-order valence-electron chi connectivity index (χ0n) is 20.4. The van der Waals surface area contributed by atoms with Gasteiger partial charge in [-0.1, -0.05) is 6.07 Å². The van der Waals surface area contributed by atoms with E-state index in [0.29, 0.717) is 32.0 Å². The van der Waals surface area contributed by atoms with Crippen LogP contribution in [0.2, 0.25) is 0 Å². The Balaban J connectivity index is 1.19. The molecule has 194 valence electrons. The molecule has 2 aliphatic rings. The first-order valence-electron chi connectivity index (χ1n) is 12.1. The maximum atomic E-state index is 12.8. The van der Waals surface area contributed by atoms with Gasteiger partial charge in [0.2, 0.25) is 5.91 Å². The number of aryl methyl sites for hydroxylation is 2. The largest absolute Gasteiger partial charge is 0.416 e. The first kappa shape index (κ1) is 26.1. The molecular weight excluding hydrogens is 473 g/mol. The van der Waals surface area contributed by atoms with Crippen molar-refractivity contribution in [1.29, 1.82) is 0 Å². The summed E-state index contributed by atoms with van der Waals surface area (Å²) in [5, 5.41) is 16.4. The van der Waals surface area contributed by atoms with Gasteiger partial charge >= 0.3 is 6.18 Å². The van der Waals surface area contributed by atoms with E-state index >= 15 is 0 Å². The van der Waals surface area contributed by atoms with E-state index in [2.05, 4.69) is 20.5 Å². The van der Waals surface area contributed by atoms with Crippen molar-refractivity contribution in [2.45, 2.75) is 63.4 Å². The molecule has 2 amide bonds. The molecule has 2 heterocycles. The van der Waals surface area contributed by atoms with Gasteiger partial charge < -0.3 is 15.7 Å². The van der Waals surface area contributed by atoms with Crippen LogP contribution in [0.5, 0.6) is 0 Å². The van der Waals surface area contributed by atoms with E-state index in [1.165, 1.54) is 6.07 Å². The molecule has 0 atom stereocenters. The smallest absolute Gasteiger partial charge is 0.385 e. The van der Waals surface area contributed by atoms with Gasteiger partial charge in [0.05, 0.1) is 23.8 Å². The molecule has 1 aliphatic carbocycles. The lowest BCUT2D eigenvalue weighted by molar-refractivity contribution is -0.137. The van der Waals surface area contributed by atoms with E-state index in [0.717, 1.165) is 47.9 Å². The molecule has 1 saturated carbocycles. The lowest BCUT2D eigenvalue weighted by Crippen LogP contribution is -2.63. The van der Waals surface area contributed by atoms with Crippen LogP contribution in [0.15, 0.2) is 36.5 Å². The third-order valence-corrected chi connectivity index (χ3v) is 7.31. The second-order valence-electron chi connectivity index (χ2n) is 9.87. The zero-order chi connectivity index (χ0) is 26.1. The maximum absolute atomic E-state index is 12.8. The van der Waals surface area contributed by atoms with Gasteiger partial charge in [0.15, 0.2) is 0 Å². The molecule has 1 aliphatic heterocycles. The van der Waals surface area contributed by atoms with Crippen LogP contribution in [0.1, 0.15) is 58.4 Å². The number of pyridine rings is 1. The molecule has 1 saturated heterocycles. The summed E-state index contributed by atoms with van der Waals surface area (Å²) in [6, 6.07) is 6.38. The molecule has 0 spiro atoms. The minimum Gasteiger partial charge on any atom is -0.385 e. The van der Waals surface area contributed by atoms with Gasteiger partial charge in [0.1, 0.15) is 0 Å². The second kappa shape index (κ2) is 10.2. The maximum Gasteiger partial charge on any atom is 0.416 e. The summed E-state index contributed by atoms with van der Waals surface area (Å²) < 4.78 is 38.5. The molecule has 0 bridgehead atoms. The lowest BCUT2D eigenvalue weighted by Gasteiger charge is -2.48. The molecule has 1 aromatic carbocycles. The van der Waals surface area contributed by atoms with Crippen molar-refractivity contribution in [1.82, 2.24) is 20.5 Å².